The highest BCUT2D eigenvalue weighted by atomic mass is 32.1. The Morgan fingerprint density at radius 2 is 0.600 bits per heavy atom. The van der Waals surface area contributed by atoms with Crippen molar-refractivity contribution in [3.8, 4) is 84.8 Å². The van der Waals surface area contributed by atoms with Crippen LogP contribution in [0.5, 0.6) is 17.2 Å². The fourth-order valence-corrected chi connectivity index (χ4v) is 22.4. The van der Waals surface area contributed by atoms with Crippen LogP contribution in [0.4, 0.5) is 0 Å². The van der Waals surface area contributed by atoms with Gasteiger partial charge in [0.1, 0.15) is 17.2 Å². The van der Waals surface area contributed by atoms with Gasteiger partial charge in [-0.05, 0) is 211 Å². The molecular formula is C123H145N9O15S3. The number of carbonyl (C=O) groups excluding carboxylic acids is 6. The van der Waals surface area contributed by atoms with Gasteiger partial charge in [-0.2, -0.15) is 0 Å². The SMILES string of the molecule is CC(C)(C)c1ccc(C(=O)C[C@@H](Cc2ccc(-c3ncc(-c4ccc(OCCC5CCCCC5)cc4)cn3)cc2)C(=O)N2CC[C@H](C(=O)O)C2)s1.CC(C)CCCCOc1ccc(-c2cnc(-c3ccc(C[C@H](CC(=O)c4ccc(C(C)(C)C)s4)C(=O)N4CC[C@H](C(=O)O)C4)cc3)nc2)cc1.CC(C)CCCOc1ccc(-c2cnc(-c3ccc(C[C@H](CC(=O)c4ccc(C(C)(C)C)s4)C(=O)N4CC[C@H](C(=O)O)C4)cc3)nc2)cc1. The molecule has 9 heterocycles. The number of carboxylic acids is 3. The number of Topliss-reactive ketones (excluding diaryl/α,β-unsaturated/α-hetero) is 3. The number of likely N-dealkylation sites (tertiary alicyclic amines) is 3. The number of ketones is 3. The van der Waals surface area contributed by atoms with Crippen LogP contribution in [0.2, 0.25) is 0 Å². The van der Waals surface area contributed by atoms with Crippen LogP contribution in [0.25, 0.3) is 67.5 Å². The number of aromatic nitrogens is 6. The molecule has 1 aliphatic carbocycles. The van der Waals surface area contributed by atoms with Crippen molar-refractivity contribution < 1.29 is 72.7 Å². The van der Waals surface area contributed by atoms with E-state index in [2.05, 4.69) is 120 Å². The number of nitrogens with zero attached hydrogens (tertiary/aromatic N) is 9. The number of carboxylic acid groups (broad SMARTS) is 3. The van der Waals surface area contributed by atoms with E-state index in [1.807, 2.05) is 219 Å². The molecule has 0 radical (unpaired) electrons. The number of unbranched alkanes of at least 4 members (excludes halogenated alkanes) is 1. The van der Waals surface area contributed by atoms with E-state index in [9.17, 15) is 58.5 Å². The lowest BCUT2D eigenvalue weighted by molar-refractivity contribution is -0.143. The molecule has 24 nitrogen and oxygen atoms in total. The van der Waals surface area contributed by atoms with Gasteiger partial charge in [-0.15, -0.1) is 34.0 Å². The van der Waals surface area contributed by atoms with Gasteiger partial charge in [0.25, 0.3) is 0 Å². The zero-order valence-electron chi connectivity index (χ0n) is 89.0. The molecule has 0 unspecified atom stereocenters. The molecule has 3 amide bonds. The minimum absolute atomic E-state index is 0.0642. The first-order valence-corrected chi connectivity index (χ1v) is 55.6. The van der Waals surface area contributed by atoms with Crippen molar-refractivity contribution in [3.63, 3.8) is 0 Å². The summed E-state index contributed by atoms with van der Waals surface area (Å²) < 4.78 is 17.8. The number of carbonyl (C=O) groups is 9. The van der Waals surface area contributed by atoms with E-state index < -0.39 is 53.4 Å². The first kappa shape index (κ1) is 113. The number of thiophene rings is 3. The van der Waals surface area contributed by atoms with Gasteiger partial charge in [0.05, 0.1) is 52.2 Å². The van der Waals surface area contributed by atoms with Crippen molar-refractivity contribution in [3.05, 3.63) is 265 Å². The second-order valence-electron chi connectivity index (χ2n) is 44.5. The third kappa shape index (κ3) is 32.2. The summed E-state index contributed by atoms with van der Waals surface area (Å²) in [6, 6.07) is 58.9. The maximum Gasteiger partial charge on any atom is 0.308 e. The van der Waals surface area contributed by atoms with Crippen LogP contribution in [0.15, 0.2) is 219 Å². The Labute approximate surface area is 895 Å². The van der Waals surface area contributed by atoms with Crippen LogP contribution in [0.3, 0.4) is 0 Å². The molecule has 16 rings (SSSR count). The highest BCUT2D eigenvalue weighted by Gasteiger charge is 2.40. The fourth-order valence-electron chi connectivity index (χ4n) is 19.3. The number of aliphatic carboxylic acids is 3. The quantitative estimate of drug-likeness (QED) is 0.0236. The summed E-state index contributed by atoms with van der Waals surface area (Å²) in [5, 5.41) is 28.5. The molecule has 3 N–H and O–H groups in total. The fraction of sp³-hybridized carbons (Fsp3) is 0.439. The van der Waals surface area contributed by atoms with Crippen LogP contribution in [0, 0.1) is 53.3 Å². The minimum atomic E-state index is -0.891. The normalized spacial score (nSPS) is 16.0. The van der Waals surface area contributed by atoms with E-state index in [4.69, 9.17) is 14.2 Å². The summed E-state index contributed by atoms with van der Waals surface area (Å²) in [5.74, 6) is -0.324. The van der Waals surface area contributed by atoms with Crippen LogP contribution >= 0.6 is 34.0 Å². The monoisotopic (exact) mass is 2080 g/mol. The number of hydrogen-bond donors (Lipinski definition) is 3. The smallest absolute Gasteiger partial charge is 0.308 e. The maximum absolute atomic E-state index is 13.8. The topological polar surface area (TPSA) is 329 Å². The summed E-state index contributed by atoms with van der Waals surface area (Å²) in [5.41, 5.74) is 10.8. The number of rotatable bonds is 42. The first-order valence-electron chi connectivity index (χ1n) is 53.2. The Hall–Kier alpha value is -13.1. The van der Waals surface area contributed by atoms with E-state index in [0.29, 0.717) is 103 Å². The molecule has 6 atom stereocenters. The van der Waals surface area contributed by atoms with Crippen molar-refractivity contribution in [1.82, 2.24) is 44.6 Å². The van der Waals surface area contributed by atoms with Gasteiger partial charge in [0.2, 0.25) is 17.7 Å². The van der Waals surface area contributed by atoms with Crippen molar-refractivity contribution in [2.75, 3.05) is 59.1 Å². The molecule has 3 aliphatic heterocycles. The molecule has 3 saturated heterocycles. The van der Waals surface area contributed by atoms with E-state index in [-0.39, 0.29) is 90.2 Å². The third-order valence-corrected chi connectivity index (χ3v) is 33.2. The molecule has 0 spiro atoms. The van der Waals surface area contributed by atoms with Gasteiger partial charge in [0.15, 0.2) is 34.8 Å². The summed E-state index contributed by atoms with van der Waals surface area (Å²) >= 11 is 4.43. The molecule has 4 fully saturated rings. The minimum Gasteiger partial charge on any atom is -0.494 e. The molecule has 1 saturated carbocycles. The lowest BCUT2D eigenvalue weighted by Crippen LogP contribution is -2.37. The molecule has 6 aromatic carbocycles. The maximum atomic E-state index is 13.8. The second-order valence-corrected chi connectivity index (χ2v) is 47.7. The molecule has 12 aromatic rings. The van der Waals surface area contributed by atoms with Gasteiger partial charge >= 0.3 is 17.9 Å². The molecule has 150 heavy (non-hydrogen) atoms. The predicted molar refractivity (Wildman–Crippen MR) is 594 cm³/mol. The van der Waals surface area contributed by atoms with Crippen LogP contribution in [-0.4, -0.2) is 172 Å². The Kier molecular flexibility index (Phi) is 39.4. The Balaban J connectivity index is 0.000000177. The Bertz CT molecular complexity index is 6500. The van der Waals surface area contributed by atoms with E-state index >= 15 is 0 Å². The second kappa shape index (κ2) is 52.6. The molecule has 790 valence electrons. The zero-order valence-corrected chi connectivity index (χ0v) is 91.4. The van der Waals surface area contributed by atoms with Gasteiger partial charge in [-0.3, -0.25) is 43.2 Å². The average molecular weight is 2090 g/mol. The lowest BCUT2D eigenvalue weighted by Gasteiger charge is -2.23. The van der Waals surface area contributed by atoms with Crippen LogP contribution < -0.4 is 14.2 Å². The van der Waals surface area contributed by atoms with Crippen LogP contribution in [0.1, 0.15) is 259 Å². The van der Waals surface area contributed by atoms with Crippen molar-refractivity contribution >= 4 is 87.0 Å². The largest absolute Gasteiger partial charge is 0.494 e. The lowest BCUT2D eigenvalue weighted by atomic mass is 9.87. The Morgan fingerprint density at radius 3 is 0.867 bits per heavy atom. The van der Waals surface area contributed by atoms with Gasteiger partial charge in [-0.1, -0.05) is 238 Å². The van der Waals surface area contributed by atoms with Gasteiger partial charge in [0, 0.05) is 161 Å². The summed E-state index contributed by atoms with van der Waals surface area (Å²) in [4.78, 5) is 154. The molecule has 4 aliphatic rings. The van der Waals surface area contributed by atoms with E-state index in [1.54, 1.807) is 14.7 Å². The molecule has 27 heteroatoms. The average Bonchev–Trinajstić information content (AvgIpc) is 1.15. The summed E-state index contributed by atoms with van der Waals surface area (Å²) in [7, 11) is 0. The highest BCUT2D eigenvalue weighted by Crippen LogP contribution is 2.39. The standard InChI is InChI=1S/C42H49N3O5S.C41H49N3O5S.C40H47N3O5S/c1-42(2,3)38-18-17-37(51-38)36(46)24-33(40(47)45-21-19-32(27-45)41(48)49)23-29-9-11-31(12-10-29)39-43-25-34(26-44-39)30-13-15-35(16-14-30)50-22-20-28-7-5-4-6-8-28;1-27(2)8-6-7-21-49-34-15-13-29(14-16-34)33-24-42-38(43-25-33)30-11-9-28(10-12-30)22-32(39(46)44-20-19-31(26-44)40(47)48)23-35(45)36-17-18-37(50-36)41(3,4)5;1-26(2)7-6-20-48-33-14-12-28(13-15-33)32-23-41-37(42-24-32)29-10-8-27(9-11-29)21-31(38(45)43-19-18-30(25-43)39(46)47)22-34(44)35-16-17-36(49-35)40(3,4)5/h9-18,25-26,28,32-33H,4-8,19-24,27H2,1-3H3,(H,48,49);9-18,24-25,27,31-32H,6-8,19-23,26H2,1-5H3,(H,47,48);8-17,23-24,26,30-31H,6-7,18-22,25H2,1-5H3,(H,46,47)/t32-,33+;31-,32+;30-,31+/m000/s1. The van der Waals surface area contributed by atoms with E-state index in [0.717, 1.165) is 149 Å². The molecule has 0 bridgehead atoms. The number of benzene rings is 6. The zero-order chi connectivity index (χ0) is 107. The van der Waals surface area contributed by atoms with Gasteiger partial charge in [-0.25, -0.2) is 29.9 Å². The van der Waals surface area contributed by atoms with Gasteiger partial charge < -0.3 is 44.2 Å². The molecular weight excluding hydrogens is 1940 g/mol. The van der Waals surface area contributed by atoms with Crippen molar-refractivity contribution in [2.24, 2.45) is 53.3 Å². The predicted octanol–water partition coefficient (Wildman–Crippen LogP) is 26.0. The van der Waals surface area contributed by atoms with E-state index in [1.165, 1.54) is 79.0 Å². The van der Waals surface area contributed by atoms with Crippen LogP contribution in [-0.2, 0) is 64.3 Å². The number of hydrogen-bond acceptors (Lipinski definition) is 21. The number of amides is 3. The summed E-state index contributed by atoms with van der Waals surface area (Å²) in [6.45, 7) is 31.8. The van der Waals surface area contributed by atoms with Crippen molar-refractivity contribution in [1.29, 1.82) is 0 Å². The molecule has 6 aromatic heterocycles. The first-order chi connectivity index (χ1) is 71.8. The third-order valence-electron chi connectivity index (χ3n) is 28.5. The Morgan fingerprint density at radius 1 is 0.327 bits per heavy atom. The van der Waals surface area contributed by atoms with Crippen molar-refractivity contribution in [2.45, 2.75) is 235 Å². The highest BCUT2D eigenvalue weighted by molar-refractivity contribution is 7.15. The summed E-state index contributed by atoms with van der Waals surface area (Å²) in [6.07, 6.45) is 27.0. The number of ether oxygens (including phenoxy) is 3.